The van der Waals surface area contributed by atoms with E-state index in [9.17, 15) is 8.42 Å². The number of hydrogen-bond donors (Lipinski definition) is 1. The molecule has 0 bridgehead atoms. The van der Waals surface area contributed by atoms with Crippen LogP contribution in [0.5, 0.6) is 0 Å². The first-order chi connectivity index (χ1) is 8.16. The predicted molar refractivity (Wildman–Crippen MR) is 74.6 cm³/mol. The Hall–Kier alpha value is -0.650. The van der Waals surface area contributed by atoms with E-state index in [2.05, 4.69) is 10.3 Å². The SMILES string of the molecule is Cl.O=S(=O)(Cc1ccccn1)CC1CCCNC1. The van der Waals surface area contributed by atoms with Gasteiger partial charge in [-0.2, -0.15) is 0 Å². The third-order valence-corrected chi connectivity index (χ3v) is 4.70. The van der Waals surface area contributed by atoms with Gasteiger partial charge in [0.05, 0.1) is 17.2 Å². The van der Waals surface area contributed by atoms with Gasteiger partial charge < -0.3 is 5.32 Å². The molecule has 1 unspecified atom stereocenters. The summed E-state index contributed by atoms with van der Waals surface area (Å²) in [6.45, 7) is 1.83. The van der Waals surface area contributed by atoms with E-state index < -0.39 is 9.84 Å². The number of halogens is 1. The summed E-state index contributed by atoms with van der Waals surface area (Å²) in [5.74, 6) is 0.596. The molecule has 6 heteroatoms. The lowest BCUT2D eigenvalue weighted by Gasteiger charge is -2.22. The fourth-order valence-electron chi connectivity index (χ4n) is 2.19. The summed E-state index contributed by atoms with van der Waals surface area (Å²) in [6, 6.07) is 5.37. The van der Waals surface area contributed by atoms with Crippen molar-refractivity contribution in [2.75, 3.05) is 18.8 Å². The molecule has 1 aliphatic heterocycles. The van der Waals surface area contributed by atoms with E-state index >= 15 is 0 Å². The van der Waals surface area contributed by atoms with Gasteiger partial charge in [0.1, 0.15) is 0 Å². The van der Waals surface area contributed by atoms with Crippen LogP contribution in [0.4, 0.5) is 0 Å². The molecule has 1 N–H and O–H groups in total. The van der Waals surface area contributed by atoms with Crippen LogP contribution in [-0.2, 0) is 15.6 Å². The molecule has 0 aliphatic carbocycles. The summed E-state index contributed by atoms with van der Waals surface area (Å²) in [7, 11) is -3.04. The molecule has 0 radical (unpaired) electrons. The van der Waals surface area contributed by atoms with Gasteiger partial charge in [0.2, 0.25) is 0 Å². The molecule has 18 heavy (non-hydrogen) atoms. The van der Waals surface area contributed by atoms with Gasteiger partial charge >= 0.3 is 0 Å². The number of sulfone groups is 1. The Bertz CT molecular complexity index is 444. The highest BCUT2D eigenvalue weighted by molar-refractivity contribution is 7.90. The Morgan fingerprint density at radius 3 is 2.83 bits per heavy atom. The topological polar surface area (TPSA) is 59.1 Å². The Morgan fingerprint density at radius 1 is 1.39 bits per heavy atom. The van der Waals surface area contributed by atoms with Crippen LogP contribution in [0.2, 0.25) is 0 Å². The second-order valence-corrected chi connectivity index (χ2v) is 6.70. The average Bonchev–Trinajstić information content (AvgIpc) is 2.30. The van der Waals surface area contributed by atoms with E-state index in [0.29, 0.717) is 5.69 Å². The standard InChI is InChI=1S/C12H18N2O2S.ClH/c15-17(16,9-11-4-3-6-13-8-11)10-12-5-1-2-7-14-12;/h1-2,5,7,11,13H,3-4,6,8-10H2;1H. The molecule has 102 valence electrons. The lowest BCUT2D eigenvalue weighted by atomic mass is 10.0. The van der Waals surface area contributed by atoms with E-state index in [0.717, 1.165) is 25.9 Å². The molecule has 1 atom stereocenters. The molecular weight excluding hydrogens is 272 g/mol. The number of nitrogens with zero attached hydrogens (tertiary/aromatic N) is 1. The average molecular weight is 291 g/mol. The summed E-state index contributed by atoms with van der Waals surface area (Å²) in [4.78, 5) is 4.06. The summed E-state index contributed by atoms with van der Waals surface area (Å²) in [5, 5.41) is 3.24. The highest BCUT2D eigenvalue weighted by Gasteiger charge is 2.21. The van der Waals surface area contributed by atoms with E-state index in [-0.39, 0.29) is 29.8 Å². The van der Waals surface area contributed by atoms with Crippen LogP contribution in [0, 0.1) is 5.92 Å². The molecule has 1 aromatic rings. The second-order valence-electron chi connectivity index (χ2n) is 4.59. The van der Waals surface area contributed by atoms with Crippen molar-refractivity contribution < 1.29 is 8.42 Å². The minimum absolute atomic E-state index is 0. The third-order valence-electron chi connectivity index (χ3n) is 2.98. The van der Waals surface area contributed by atoms with Gasteiger partial charge in [-0.1, -0.05) is 6.07 Å². The zero-order chi connectivity index (χ0) is 12.1. The summed E-state index contributed by atoms with van der Waals surface area (Å²) < 4.78 is 24.0. The van der Waals surface area contributed by atoms with Gasteiger partial charge in [0, 0.05) is 6.20 Å². The van der Waals surface area contributed by atoms with Gasteiger partial charge in [-0.05, 0) is 44.0 Å². The summed E-state index contributed by atoms with van der Waals surface area (Å²) in [6.07, 6.45) is 3.71. The maximum atomic E-state index is 12.0. The first-order valence-electron chi connectivity index (χ1n) is 5.97. The first kappa shape index (κ1) is 15.4. The predicted octanol–water partition coefficient (Wildman–Crippen LogP) is 1.42. The van der Waals surface area contributed by atoms with Crippen LogP contribution in [0.25, 0.3) is 0 Å². The van der Waals surface area contributed by atoms with Crippen LogP contribution >= 0.6 is 12.4 Å². The van der Waals surface area contributed by atoms with E-state index in [1.165, 1.54) is 0 Å². The van der Waals surface area contributed by atoms with E-state index in [4.69, 9.17) is 0 Å². The van der Waals surface area contributed by atoms with Crippen LogP contribution < -0.4 is 5.32 Å². The van der Waals surface area contributed by atoms with Crippen molar-refractivity contribution in [2.24, 2.45) is 5.92 Å². The zero-order valence-corrected chi connectivity index (χ0v) is 11.8. The van der Waals surface area contributed by atoms with Crippen molar-refractivity contribution in [2.45, 2.75) is 18.6 Å². The molecule has 1 fully saturated rings. The van der Waals surface area contributed by atoms with Crippen molar-refractivity contribution in [3.05, 3.63) is 30.1 Å². The highest BCUT2D eigenvalue weighted by Crippen LogP contribution is 2.14. The molecule has 2 rings (SSSR count). The van der Waals surface area contributed by atoms with Crippen LogP contribution in [0.1, 0.15) is 18.5 Å². The molecule has 0 aromatic carbocycles. The molecule has 4 nitrogen and oxygen atoms in total. The zero-order valence-electron chi connectivity index (χ0n) is 10.2. The van der Waals surface area contributed by atoms with Crippen LogP contribution in [0.3, 0.4) is 0 Å². The van der Waals surface area contributed by atoms with Gasteiger partial charge in [0.15, 0.2) is 9.84 Å². The number of nitrogens with one attached hydrogen (secondary N) is 1. The fourth-order valence-corrected chi connectivity index (χ4v) is 3.94. The number of hydrogen-bond acceptors (Lipinski definition) is 4. The van der Waals surface area contributed by atoms with Crippen LogP contribution in [-0.4, -0.2) is 32.2 Å². The molecule has 1 saturated heterocycles. The van der Waals surface area contributed by atoms with Crippen molar-refractivity contribution in [1.29, 1.82) is 0 Å². The minimum Gasteiger partial charge on any atom is -0.316 e. The van der Waals surface area contributed by atoms with Crippen molar-refractivity contribution in [3.8, 4) is 0 Å². The summed E-state index contributed by atoms with van der Waals surface area (Å²) >= 11 is 0. The lowest BCUT2D eigenvalue weighted by molar-refractivity contribution is 0.404. The van der Waals surface area contributed by atoms with Crippen molar-refractivity contribution in [3.63, 3.8) is 0 Å². The van der Waals surface area contributed by atoms with E-state index in [1.54, 1.807) is 18.3 Å². The Morgan fingerprint density at radius 2 is 2.22 bits per heavy atom. The van der Waals surface area contributed by atoms with Gasteiger partial charge in [0.25, 0.3) is 0 Å². The van der Waals surface area contributed by atoms with Crippen molar-refractivity contribution in [1.82, 2.24) is 10.3 Å². The maximum Gasteiger partial charge on any atom is 0.156 e. The largest absolute Gasteiger partial charge is 0.316 e. The number of pyridine rings is 1. The number of piperidine rings is 1. The Balaban J connectivity index is 0.00000162. The Kier molecular flexibility index (Phi) is 6.05. The molecule has 2 heterocycles. The molecule has 1 aromatic heterocycles. The van der Waals surface area contributed by atoms with Gasteiger partial charge in [-0.25, -0.2) is 8.42 Å². The quantitative estimate of drug-likeness (QED) is 0.911. The number of rotatable bonds is 4. The highest BCUT2D eigenvalue weighted by atomic mass is 35.5. The molecule has 1 aliphatic rings. The monoisotopic (exact) mass is 290 g/mol. The van der Waals surface area contributed by atoms with Crippen molar-refractivity contribution >= 4 is 22.2 Å². The van der Waals surface area contributed by atoms with Gasteiger partial charge in [-0.15, -0.1) is 12.4 Å². The van der Waals surface area contributed by atoms with Gasteiger partial charge in [-0.3, -0.25) is 4.98 Å². The Labute approximate surface area is 115 Å². The summed E-state index contributed by atoms with van der Waals surface area (Å²) in [5.41, 5.74) is 0.635. The normalized spacial score (nSPS) is 20.1. The minimum atomic E-state index is -3.04. The van der Waals surface area contributed by atoms with Crippen LogP contribution in [0.15, 0.2) is 24.4 Å². The second kappa shape index (κ2) is 7.07. The lowest BCUT2D eigenvalue weighted by Crippen LogP contribution is -2.34. The number of aromatic nitrogens is 1. The smallest absolute Gasteiger partial charge is 0.156 e. The molecular formula is C12H19ClN2O2S. The molecule has 0 spiro atoms. The molecule has 0 saturated carbocycles. The maximum absolute atomic E-state index is 12.0. The van der Waals surface area contributed by atoms with E-state index in [1.807, 2.05) is 6.07 Å². The first-order valence-corrected chi connectivity index (χ1v) is 7.79. The third kappa shape index (κ3) is 4.92. The molecule has 0 amide bonds. The fraction of sp³-hybridized carbons (Fsp3) is 0.583.